The molecule has 0 spiro atoms. The fourth-order valence-electron chi connectivity index (χ4n) is 2.30. The highest BCUT2D eigenvalue weighted by Crippen LogP contribution is 2.55. The van der Waals surface area contributed by atoms with Crippen molar-refractivity contribution in [1.82, 2.24) is 9.97 Å². The minimum Gasteiger partial charge on any atom is -0.461 e. The van der Waals surface area contributed by atoms with Crippen LogP contribution in [-0.4, -0.2) is 20.1 Å². The molecule has 6 heteroatoms. The highest BCUT2D eigenvalue weighted by molar-refractivity contribution is 7.99. The Bertz CT molecular complexity index is 820. The van der Waals surface area contributed by atoms with Gasteiger partial charge >= 0.3 is 0 Å². The molecule has 1 fully saturated rings. The van der Waals surface area contributed by atoms with E-state index in [1.54, 1.807) is 18.0 Å². The molecule has 1 saturated carbocycles. The molecule has 0 radical (unpaired) electrons. The first-order valence-corrected chi connectivity index (χ1v) is 8.69. The number of thioether (sulfide) groups is 1. The van der Waals surface area contributed by atoms with Gasteiger partial charge in [-0.05, 0) is 24.6 Å². The third kappa shape index (κ3) is 2.71. The Morgan fingerprint density at radius 2 is 2.00 bits per heavy atom. The Morgan fingerprint density at radius 1 is 1.18 bits per heavy atom. The fourth-order valence-corrected chi connectivity index (χ4v) is 4.25. The van der Waals surface area contributed by atoms with E-state index in [1.165, 1.54) is 0 Å². The number of alkyl halides is 2. The number of furan rings is 1. The first kappa shape index (κ1) is 14.4. The molecule has 22 heavy (non-hydrogen) atoms. The van der Waals surface area contributed by atoms with Gasteiger partial charge in [-0.1, -0.05) is 18.2 Å². The summed E-state index contributed by atoms with van der Waals surface area (Å²) in [6, 6.07) is 11.7. The van der Waals surface area contributed by atoms with Crippen LogP contribution in [0, 0.1) is 5.92 Å². The van der Waals surface area contributed by atoms with Gasteiger partial charge in [0.25, 0.3) is 0 Å². The number of para-hydroxylation sites is 1. The van der Waals surface area contributed by atoms with Crippen LogP contribution in [0.15, 0.2) is 52.1 Å². The highest BCUT2D eigenvalue weighted by atomic mass is 35.5. The summed E-state index contributed by atoms with van der Waals surface area (Å²) in [7, 11) is 0. The van der Waals surface area contributed by atoms with Gasteiger partial charge < -0.3 is 4.42 Å². The average Bonchev–Trinajstić information content (AvgIpc) is 2.93. The molecule has 112 valence electrons. The SMILES string of the molecule is ClC1(Cl)C[C@@H]1CSc1nc(-c2ccco2)nc2ccccc12. The number of aromatic nitrogens is 2. The van der Waals surface area contributed by atoms with Crippen LogP contribution >= 0.6 is 35.0 Å². The topological polar surface area (TPSA) is 38.9 Å². The first-order valence-electron chi connectivity index (χ1n) is 6.95. The lowest BCUT2D eigenvalue weighted by Gasteiger charge is -2.07. The molecule has 3 nitrogen and oxygen atoms in total. The molecule has 1 aliphatic rings. The van der Waals surface area contributed by atoms with Crippen LogP contribution < -0.4 is 0 Å². The zero-order valence-corrected chi connectivity index (χ0v) is 13.8. The summed E-state index contributed by atoms with van der Waals surface area (Å²) in [4.78, 5) is 9.24. The van der Waals surface area contributed by atoms with Gasteiger partial charge in [-0.25, -0.2) is 9.97 Å². The predicted molar refractivity (Wildman–Crippen MR) is 90.5 cm³/mol. The summed E-state index contributed by atoms with van der Waals surface area (Å²) < 4.78 is 4.86. The molecule has 1 aromatic carbocycles. The lowest BCUT2D eigenvalue weighted by Crippen LogP contribution is -1.96. The van der Waals surface area contributed by atoms with Gasteiger partial charge in [-0.2, -0.15) is 0 Å². The van der Waals surface area contributed by atoms with Crippen LogP contribution in [0.25, 0.3) is 22.5 Å². The van der Waals surface area contributed by atoms with Crippen LogP contribution in [0.3, 0.4) is 0 Å². The van der Waals surface area contributed by atoms with E-state index in [1.807, 2.05) is 36.4 Å². The predicted octanol–water partition coefficient (Wildman–Crippen LogP) is 5.18. The average molecular weight is 351 g/mol. The Kier molecular flexibility index (Phi) is 3.56. The molecule has 0 amide bonds. The minimum absolute atomic E-state index is 0.321. The van der Waals surface area contributed by atoms with Gasteiger partial charge in [0.2, 0.25) is 0 Å². The maximum Gasteiger partial charge on any atom is 0.197 e. The van der Waals surface area contributed by atoms with E-state index in [2.05, 4.69) is 9.97 Å². The van der Waals surface area contributed by atoms with Crippen LogP contribution in [0.1, 0.15) is 6.42 Å². The molecule has 0 N–H and O–H groups in total. The lowest BCUT2D eigenvalue weighted by atomic mass is 10.2. The van der Waals surface area contributed by atoms with Crippen molar-refractivity contribution < 1.29 is 4.42 Å². The molecule has 1 aliphatic carbocycles. The molecule has 2 heterocycles. The van der Waals surface area contributed by atoms with Crippen molar-refractivity contribution in [2.24, 2.45) is 5.92 Å². The highest BCUT2D eigenvalue weighted by Gasteiger charge is 2.51. The number of hydrogen-bond acceptors (Lipinski definition) is 4. The van der Waals surface area contributed by atoms with Crippen LogP contribution in [0.2, 0.25) is 0 Å². The Morgan fingerprint density at radius 3 is 2.73 bits per heavy atom. The van der Waals surface area contributed by atoms with Crippen molar-refractivity contribution >= 4 is 45.9 Å². The maximum atomic E-state index is 6.11. The van der Waals surface area contributed by atoms with Crippen molar-refractivity contribution in [2.75, 3.05) is 5.75 Å². The Labute approximate surface area is 142 Å². The first-order chi connectivity index (χ1) is 10.6. The molecule has 0 saturated heterocycles. The molecule has 3 aromatic rings. The number of halogens is 2. The summed E-state index contributed by atoms with van der Waals surface area (Å²) in [6.45, 7) is 0. The van der Waals surface area contributed by atoms with E-state index in [-0.39, 0.29) is 0 Å². The third-order valence-corrected chi connectivity index (χ3v) is 5.77. The van der Waals surface area contributed by atoms with E-state index in [0.717, 1.165) is 28.1 Å². The Hall–Kier alpha value is -1.23. The molecule has 2 aromatic heterocycles. The Balaban J connectivity index is 1.71. The third-order valence-electron chi connectivity index (χ3n) is 3.69. The van der Waals surface area contributed by atoms with Crippen molar-refractivity contribution in [3.05, 3.63) is 42.7 Å². The quantitative estimate of drug-likeness (QED) is 0.369. The largest absolute Gasteiger partial charge is 0.461 e. The zero-order valence-electron chi connectivity index (χ0n) is 11.5. The van der Waals surface area contributed by atoms with Gasteiger partial charge in [0.15, 0.2) is 11.6 Å². The number of fused-ring (bicyclic) bond motifs is 1. The summed E-state index contributed by atoms with van der Waals surface area (Å²) in [5, 5.41) is 1.98. The molecule has 0 bridgehead atoms. The summed E-state index contributed by atoms with van der Waals surface area (Å²) in [6.07, 6.45) is 2.47. The molecular formula is C16H12Cl2N2OS. The standard InChI is InChI=1S/C16H12Cl2N2OS/c17-16(18)8-10(16)9-22-15-11-4-1-2-5-12(11)19-14(20-15)13-6-3-7-21-13/h1-7,10H,8-9H2/t10-/m1/s1. The van der Waals surface area contributed by atoms with E-state index in [9.17, 15) is 0 Å². The number of hydrogen-bond donors (Lipinski definition) is 0. The van der Waals surface area contributed by atoms with Gasteiger partial charge in [-0.15, -0.1) is 35.0 Å². The van der Waals surface area contributed by atoms with E-state index < -0.39 is 4.33 Å². The summed E-state index contributed by atoms with van der Waals surface area (Å²) in [5.41, 5.74) is 0.908. The number of nitrogens with zero attached hydrogens (tertiary/aromatic N) is 2. The van der Waals surface area contributed by atoms with Crippen molar-refractivity contribution in [3.63, 3.8) is 0 Å². The molecule has 0 aliphatic heterocycles. The number of rotatable bonds is 4. The van der Waals surface area contributed by atoms with E-state index in [4.69, 9.17) is 27.6 Å². The summed E-state index contributed by atoms with van der Waals surface area (Å²) >= 11 is 13.9. The maximum absolute atomic E-state index is 6.11. The minimum atomic E-state index is -0.556. The van der Waals surface area contributed by atoms with Gasteiger partial charge in [0.05, 0.1) is 11.8 Å². The van der Waals surface area contributed by atoms with Crippen LogP contribution in [-0.2, 0) is 0 Å². The van der Waals surface area contributed by atoms with Gasteiger partial charge in [0, 0.05) is 17.1 Å². The second-order valence-corrected chi connectivity index (χ2v) is 7.87. The van der Waals surface area contributed by atoms with Crippen LogP contribution in [0.5, 0.6) is 0 Å². The normalized spacial score (nSPS) is 19.5. The number of benzene rings is 1. The van der Waals surface area contributed by atoms with Crippen molar-refractivity contribution in [3.8, 4) is 11.6 Å². The lowest BCUT2D eigenvalue weighted by molar-refractivity contribution is 0.577. The van der Waals surface area contributed by atoms with Crippen molar-refractivity contribution in [1.29, 1.82) is 0 Å². The van der Waals surface area contributed by atoms with Gasteiger partial charge in [0.1, 0.15) is 9.36 Å². The van der Waals surface area contributed by atoms with Crippen LogP contribution in [0.4, 0.5) is 0 Å². The molecule has 0 unspecified atom stereocenters. The smallest absolute Gasteiger partial charge is 0.197 e. The summed E-state index contributed by atoms with van der Waals surface area (Å²) in [5.74, 6) is 2.45. The molecule has 4 rings (SSSR count). The molecule has 1 atom stereocenters. The van der Waals surface area contributed by atoms with Crippen molar-refractivity contribution in [2.45, 2.75) is 15.8 Å². The fraction of sp³-hybridized carbons (Fsp3) is 0.250. The van der Waals surface area contributed by atoms with E-state index >= 15 is 0 Å². The second kappa shape index (κ2) is 5.44. The molecular weight excluding hydrogens is 339 g/mol. The monoisotopic (exact) mass is 350 g/mol. The van der Waals surface area contributed by atoms with E-state index in [0.29, 0.717) is 17.5 Å². The zero-order chi connectivity index (χ0) is 15.2. The van der Waals surface area contributed by atoms with Gasteiger partial charge in [-0.3, -0.25) is 0 Å². The second-order valence-electron chi connectivity index (χ2n) is 5.32.